The van der Waals surface area contributed by atoms with E-state index in [1.165, 1.54) is 18.2 Å². The molecule has 0 aromatic heterocycles. The number of benzene rings is 1. The van der Waals surface area contributed by atoms with Crippen LogP contribution >= 0.6 is 0 Å². The lowest BCUT2D eigenvalue weighted by Gasteiger charge is -2.23. The zero-order valence-electron chi connectivity index (χ0n) is 10.5. The van der Waals surface area contributed by atoms with Crippen LogP contribution in [0.5, 0.6) is 5.75 Å². The zero-order chi connectivity index (χ0) is 13.8. The number of rotatable bonds is 5. The molecule has 0 unspecified atom stereocenters. The van der Waals surface area contributed by atoms with E-state index in [9.17, 15) is 14.9 Å². The molecule has 0 aliphatic heterocycles. The molecule has 0 heterocycles. The fourth-order valence-corrected chi connectivity index (χ4v) is 1.30. The summed E-state index contributed by atoms with van der Waals surface area (Å²) in [6.07, 6.45) is 0. The minimum absolute atomic E-state index is 0.0906. The van der Waals surface area contributed by atoms with Crippen LogP contribution in [0.1, 0.15) is 20.8 Å². The molecule has 0 N–H and O–H groups in total. The number of nitro benzene ring substituents is 1. The molecule has 0 atom stereocenters. The van der Waals surface area contributed by atoms with Gasteiger partial charge in [-0.1, -0.05) is 6.07 Å². The van der Waals surface area contributed by atoms with Gasteiger partial charge >= 0.3 is 5.97 Å². The Morgan fingerprint density at radius 1 is 1.44 bits per heavy atom. The van der Waals surface area contributed by atoms with Gasteiger partial charge in [-0.05, 0) is 26.8 Å². The third-order valence-corrected chi connectivity index (χ3v) is 2.17. The second kappa shape index (κ2) is 5.48. The van der Waals surface area contributed by atoms with Crippen molar-refractivity contribution in [1.82, 2.24) is 0 Å². The molecule has 6 heteroatoms. The number of nitrogens with zero attached hydrogens (tertiary/aromatic N) is 1. The molecule has 0 saturated carbocycles. The molecule has 0 radical (unpaired) electrons. The summed E-state index contributed by atoms with van der Waals surface area (Å²) in [6, 6.07) is 5.66. The van der Waals surface area contributed by atoms with Gasteiger partial charge in [-0.2, -0.15) is 0 Å². The number of carbonyl (C=O) groups excluding carboxylic acids is 1. The van der Waals surface area contributed by atoms with E-state index in [4.69, 9.17) is 9.47 Å². The number of hydrogen-bond donors (Lipinski definition) is 0. The topological polar surface area (TPSA) is 78.7 Å². The summed E-state index contributed by atoms with van der Waals surface area (Å²) in [7, 11) is 0. The van der Waals surface area contributed by atoms with Gasteiger partial charge in [-0.25, -0.2) is 4.79 Å². The largest absolute Gasteiger partial charge is 0.476 e. The minimum Gasteiger partial charge on any atom is -0.476 e. The summed E-state index contributed by atoms with van der Waals surface area (Å²) >= 11 is 0. The van der Waals surface area contributed by atoms with Gasteiger partial charge in [-0.3, -0.25) is 10.1 Å². The molecule has 1 aromatic carbocycles. The maximum absolute atomic E-state index is 11.6. The summed E-state index contributed by atoms with van der Waals surface area (Å²) < 4.78 is 10.3. The van der Waals surface area contributed by atoms with Crippen LogP contribution in [0.2, 0.25) is 0 Å². The lowest BCUT2D eigenvalue weighted by Crippen LogP contribution is -2.39. The van der Waals surface area contributed by atoms with Crippen molar-refractivity contribution in [1.29, 1.82) is 0 Å². The van der Waals surface area contributed by atoms with E-state index in [1.807, 2.05) is 0 Å². The Kier molecular flexibility index (Phi) is 4.25. The van der Waals surface area contributed by atoms with Gasteiger partial charge in [0.2, 0.25) is 0 Å². The standard InChI is InChI=1S/C12H15NO5/c1-4-17-11(14)12(2,3)18-10-7-5-6-9(8-10)13(15)16/h5-8H,4H2,1-3H3. The molecule has 0 aliphatic carbocycles. The van der Waals surface area contributed by atoms with Crippen molar-refractivity contribution in [2.75, 3.05) is 6.61 Å². The van der Waals surface area contributed by atoms with Crippen LogP contribution in [-0.4, -0.2) is 23.1 Å². The van der Waals surface area contributed by atoms with E-state index < -0.39 is 16.5 Å². The molecule has 0 bridgehead atoms. The Balaban J connectivity index is 2.86. The lowest BCUT2D eigenvalue weighted by atomic mass is 10.1. The first-order valence-corrected chi connectivity index (χ1v) is 5.47. The molecule has 1 aromatic rings. The summed E-state index contributed by atoms with van der Waals surface area (Å²) in [5.41, 5.74) is -1.28. The highest BCUT2D eigenvalue weighted by molar-refractivity contribution is 5.79. The number of esters is 1. The molecule has 0 aliphatic rings. The maximum Gasteiger partial charge on any atom is 0.349 e. The Morgan fingerprint density at radius 2 is 2.11 bits per heavy atom. The summed E-state index contributed by atoms with van der Waals surface area (Å²) in [5, 5.41) is 10.6. The van der Waals surface area contributed by atoms with Gasteiger partial charge in [-0.15, -0.1) is 0 Å². The maximum atomic E-state index is 11.6. The van der Waals surface area contributed by atoms with Crippen molar-refractivity contribution in [3.05, 3.63) is 34.4 Å². The van der Waals surface area contributed by atoms with Gasteiger partial charge in [0.15, 0.2) is 5.60 Å². The van der Waals surface area contributed by atoms with Gasteiger partial charge in [0.1, 0.15) is 5.75 Å². The van der Waals surface area contributed by atoms with Crippen LogP contribution in [0.4, 0.5) is 5.69 Å². The average molecular weight is 253 g/mol. The van der Waals surface area contributed by atoms with Crippen molar-refractivity contribution in [2.24, 2.45) is 0 Å². The first kappa shape index (κ1) is 14.0. The highest BCUT2D eigenvalue weighted by Crippen LogP contribution is 2.23. The molecule has 18 heavy (non-hydrogen) atoms. The second-order valence-electron chi connectivity index (χ2n) is 4.09. The van der Waals surface area contributed by atoms with E-state index in [2.05, 4.69) is 0 Å². The van der Waals surface area contributed by atoms with Gasteiger partial charge in [0.25, 0.3) is 5.69 Å². The zero-order valence-corrected chi connectivity index (χ0v) is 10.5. The van der Waals surface area contributed by atoms with Crippen LogP contribution < -0.4 is 4.74 Å². The lowest BCUT2D eigenvalue weighted by molar-refractivity contribution is -0.385. The quantitative estimate of drug-likeness (QED) is 0.457. The number of nitro groups is 1. The molecule has 0 amide bonds. The van der Waals surface area contributed by atoms with Crippen LogP contribution in [0.15, 0.2) is 24.3 Å². The highest BCUT2D eigenvalue weighted by Gasteiger charge is 2.31. The molecule has 6 nitrogen and oxygen atoms in total. The van der Waals surface area contributed by atoms with Gasteiger partial charge < -0.3 is 9.47 Å². The number of ether oxygens (including phenoxy) is 2. The second-order valence-corrected chi connectivity index (χ2v) is 4.09. The van der Waals surface area contributed by atoms with Crippen molar-refractivity contribution in [3.8, 4) is 5.75 Å². The van der Waals surface area contributed by atoms with Crippen LogP contribution in [0.25, 0.3) is 0 Å². The normalized spacial score (nSPS) is 10.8. The Hall–Kier alpha value is -2.11. The number of carbonyl (C=O) groups is 1. The van der Waals surface area contributed by atoms with Crippen LogP contribution in [0.3, 0.4) is 0 Å². The Morgan fingerprint density at radius 3 is 2.67 bits per heavy atom. The molecule has 0 saturated heterocycles. The molecule has 98 valence electrons. The fourth-order valence-electron chi connectivity index (χ4n) is 1.30. The van der Waals surface area contributed by atoms with E-state index >= 15 is 0 Å². The molecule has 0 spiro atoms. The van der Waals surface area contributed by atoms with E-state index in [1.54, 1.807) is 26.8 Å². The Bertz CT molecular complexity index is 456. The molecule has 0 fully saturated rings. The van der Waals surface area contributed by atoms with Crippen LogP contribution in [0, 0.1) is 10.1 Å². The van der Waals surface area contributed by atoms with Gasteiger partial charge in [0.05, 0.1) is 17.6 Å². The monoisotopic (exact) mass is 253 g/mol. The minimum atomic E-state index is -1.19. The number of hydrogen-bond acceptors (Lipinski definition) is 5. The van der Waals surface area contributed by atoms with Crippen molar-refractivity contribution >= 4 is 11.7 Å². The smallest absolute Gasteiger partial charge is 0.349 e. The predicted octanol–water partition coefficient (Wildman–Crippen LogP) is 2.32. The SMILES string of the molecule is CCOC(=O)C(C)(C)Oc1cccc([N+](=O)[O-])c1. The van der Waals surface area contributed by atoms with Crippen molar-refractivity contribution in [2.45, 2.75) is 26.4 Å². The third-order valence-electron chi connectivity index (χ3n) is 2.17. The first-order valence-electron chi connectivity index (χ1n) is 5.47. The number of non-ortho nitro benzene ring substituents is 1. The van der Waals surface area contributed by atoms with E-state index in [0.29, 0.717) is 0 Å². The van der Waals surface area contributed by atoms with Gasteiger partial charge in [0, 0.05) is 6.07 Å². The van der Waals surface area contributed by atoms with Crippen molar-refractivity contribution < 1.29 is 19.2 Å². The fraction of sp³-hybridized carbons (Fsp3) is 0.417. The van der Waals surface area contributed by atoms with E-state index in [-0.39, 0.29) is 18.0 Å². The van der Waals surface area contributed by atoms with E-state index in [0.717, 1.165) is 0 Å². The predicted molar refractivity (Wildman–Crippen MR) is 64.4 cm³/mol. The first-order chi connectivity index (χ1) is 8.36. The average Bonchev–Trinajstić information content (AvgIpc) is 2.29. The Labute approximate surface area is 105 Å². The van der Waals surface area contributed by atoms with Crippen LogP contribution in [-0.2, 0) is 9.53 Å². The summed E-state index contributed by atoms with van der Waals surface area (Å²) in [5.74, 6) is -0.265. The molecule has 1 rings (SSSR count). The molecular weight excluding hydrogens is 238 g/mol. The summed E-state index contributed by atoms with van der Waals surface area (Å²) in [6.45, 7) is 5.04. The molecular formula is C12H15NO5. The highest BCUT2D eigenvalue weighted by atomic mass is 16.6. The summed E-state index contributed by atoms with van der Waals surface area (Å²) in [4.78, 5) is 21.7. The van der Waals surface area contributed by atoms with Crippen molar-refractivity contribution in [3.63, 3.8) is 0 Å². The third kappa shape index (κ3) is 3.44.